The summed E-state index contributed by atoms with van der Waals surface area (Å²) in [5.41, 5.74) is 2.09. The molecule has 1 fully saturated rings. The van der Waals surface area contributed by atoms with E-state index in [-0.39, 0.29) is 0 Å². The number of aromatic nitrogens is 3. The number of nitrogens with zero attached hydrogens (tertiary/aromatic N) is 4. The van der Waals surface area contributed by atoms with Crippen LogP contribution in [0, 0.1) is 13.8 Å². The van der Waals surface area contributed by atoms with Gasteiger partial charge in [0.15, 0.2) is 0 Å². The summed E-state index contributed by atoms with van der Waals surface area (Å²) in [6, 6.07) is 3.77. The predicted octanol–water partition coefficient (Wildman–Crippen LogP) is 3.29. The smallest absolute Gasteiger partial charge is 0.213 e. The lowest BCUT2D eigenvalue weighted by molar-refractivity contribution is 0.0331. The molecule has 0 aliphatic carbocycles. The van der Waals surface area contributed by atoms with Crippen LogP contribution in [0.3, 0.4) is 0 Å². The fourth-order valence-corrected chi connectivity index (χ4v) is 4.17. The highest BCUT2D eigenvalue weighted by atomic mass is 32.1. The van der Waals surface area contributed by atoms with Crippen LogP contribution in [0.5, 0.6) is 5.88 Å². The normalized spacial score (nSPS) is 15.2. The number of fused-ring (bicyclic) bond motifs is 1. The van der Waals surface area contributed by atoms with Crippen LogP contribution >= 0.6 is 11.3 Å². The molecule has 1 aliphatic rings. The molecule has 0 saturated carbocycles. The van der Waals surface area contributed by atoms with Crippen LogP contribution in [0.2, 0.25) is 0 Å². The van der Waals surface area contributed by atoms with E-state index in [1.807, 2.05) is 12.1 Å². The maximum atomic E-state index is 5.44. The highest BCUT2D eigenvalue weighted by Gasteiger charge is 2.18. The van der Waals surface area contributed by atoms with E-state index in [0.29, 0.717) is 5.88 Å². The van der Waals surface area contributed by atoms with Crippen molar-refractivity contribution in [1.29, 1.82) is 0 Å². The van der Waals surface area contributed by atoms with Crippen molar-refractivity contribution in [3.05, 3.63) is 34.6 Å². The van der Waals surface area contributed by atoms with Crippen molar-refractivity contribution >= 4 is 33.1 Å². The van der Waals surface area contributed by atoms with Gasteiger partial charge in [-0.3, -0.25) is 4.90 Å². The quantitative estimate of drug-likeness (QED) is 0.722. The third-order valence-electron chi connectivity index (χ3n) is 4.75. The standard InChI is InChI=1S/C19H23N5O2S/c1-12-13(2)27-19-17(12)18(21-14-4-5-16(25-3)20-10-14)22-15(23-19)11-24-6-8-26-9-7-24/h4-5,10H,6-9,11H2,1-3H3,(H,21,22,23). The third-order valence-corrected chi connectivity index (χ3v) is 5.85. The van der Waals surface area contributed by atoms with Gasteiger partial charge in [-0.25, -0.2) is 15.0 Å². The summed E-state index contributed by atoms with van der Waals surface area (Å²) < 4.78 is 10.6. The van der Waals surface area contributed by atoms with Crippen LogP contribution in [-0.4, -0.2) is 53.3 Å². The van der Waals surface area contributed by atoms with Gasteiger partial charge in [-0.15, -0.1) is 11.3 Å². The minimum atomic E-state index is 0.587. The Kier molecular flexibility index (Phi) is 5.20. The molecular formula is C19H23N5O2S. The molecule has 0 unspecified atom stereocenters. The fourth-order valence-electron chi connectivity index (χ4n) is 3.13. The maximum absolute atomic E-state index is 5.44. The van der Waals surface area contributed by atoms with Crippen LogP contribution in [0.25, 0.3) is 10.2 Å². The molecule has 3 aromatic rings. The number of hydrogen-bond donors (Lipinski definition) is 1. The summed E-state index contributed by atoms with van der Waals surface area (Å²) in [7, 11) is 1.61. The van der Waals surface area contributed by atoms with Crippen molar-refractivity contribution in [3.8, 4) is 5.88 Å². The van der Waals surface area contributed by atoms with Crippen LogP contribution in [0.1, 0.15) is 16.3 Å². The minimum Gasteiger partial charge on any atom is -0.481 e. The topological polar surface area (TPSA) is 72.4 Å². The monoisotopic (exact) mass is 385 g/mol. The molecule has 8 heteroatoms. The van der Waals surface area contributed by atoms with Gasteiger partial charge in [0.25, 0.3) is 0 Å². The van der Waals surface area contributed by atoms with Gasteiger partial charge in [0.1, 0.15) is 16.5 Å². The molecule has 4 heterocycles. The van der Waals surface area contributed by atoms with Gasteiger partial charge in [0.2, 0.25) is 5.88 Å². The maximum Gasteiger partial charge on any atom is 0.213 e. The predicted molar refractivity (Wildman–Crippen MR) is 107 cm³/mol. The largest absolute Gasteiger partial charge is 0.481 e. The molecule has 0 bridgehead atoms. The molecule has 142 valence electrons. The van der Waals surface area contributed by atoms with Crippen molar-refractivity contribution in [2.24, 2.45) is 0 Å². The van der Waals surface area contributed by atoms with Gasteiger partial charge in [-0.05, 0) is 25.5 Å². The summed E-state index contributed by atoms with van der Waals surface area (Å²) in [5.74, 6) is 2.25. The number of rotatable bonds is 5. The van der Waals surface area contributed by atoms with Gasteiger partial charge >= 0.3 is 0 Å². The second kappa shape index (κ2) is 7.75. The molecule has 3 aromatic heterocycles. The number of anilines is 2. The zero-order valence-corrected chi connectivity index (χ0v) is 16.6. The van der Waals surface area contributed by atoms with E-state index in [4.69, 9.17) is 19.4 Å². The van der Waals surface area contributed by atoms with Gasteiger partial charge in [0.05, 0.1) is 44.1 Å². The first-order valence-electron chi connectivity index (χ1n) is 8.98. The lowest BCUT2D eigenvalue weighted by atomic mass is 10.2. The first kappa shape index (κ1) is 18.1. The van der Waals surface area contributed by atoms with Crippen LogP contribution < -0.4 is 10.1 Å². The number of aryl methyl sites for hydroxylation is 2. The molecule has 7 nitrogen and oxygen atoms in total. The lowest BCUT2D eigenvalue weighted by Gasteiger charge is -2.25. The van der Waals surface area contributed by atoms with E-state index in [2.05, 4.69) is 29.0 Å². The van der Waals surface area contributed by atoms with Crippen LogP contribution in [-0.2, 0) is 11.3 Å². The molecule has 0 amide bonds. The van der Waals surface area contributed by atoms with E-state index in [1.54, 1.807) is 24.6 Å². The first-order valence-corrected chi connectivity index (χ1v) is 9.79. The summed E-state index contributed by atoms with van der Waals surface area (Å²) >= 11 is 1.72. The Morgan fingerprint density at radius 1 is 1.22 bits per heavy atom. The van der Waals surface area contributed by atoms with E-state index in [9.17, 15) is 0 Å². The summed E-state index contributed by atoms with van der Waals surface area (Å²) in [6.45, 7) is 8.33. The molecule has 0 aromatic carbocycles. The highest BCUT2D eigenvalue weighted by molar-refractivity contribution is 7.18. The zero-order valence-electron chi connectivity index (χ0n) is 15.8. The van der Waals surface area contributed by atoms with Crippen molar-refractivity contribution in [2.75, 3.05) is 38.7 Å². The van der Waals surface area contributed by atoms with Gasteiger partial charge in [-0.1, -0.05) is 0 Å². The molecule has 0 radical (unpaired) electrons. The van der Waals surface area contributed by atoms with E-state index in [1.165, 1.54) is 10.4 Å². The Bertz CT molecular complexity index is 935. The molecule has 27 heavy (non-hydrogen) atoms. The van der Waals surface area contributed by atoms with E-state index in [0.717, 1.165) is 60.4 Å². The average Bonchev–Trinajstić information content (AvgIpc) is 2.97. The lowest BCUT2D eigenvalue weighted by Crippen LogP contribution is -2.36. The number of ether oxygens (including phenoxy) is 2. The van der Waals surface area contributed by atoms with Crippen molar-refractivity contribution in [1.82, 2.24) is 19.9 Å². The first-order chi connectivity index (χ1) is 13.1. The molecule has 0 atom stereocenters. The molecular weight excluding hydrogens is 362 g/mol. The van der Waals surface area contributed by atoms with Crippen LogP contribution in [0.15, 0.2) is 18.3 Å². The molecule has 1 saturated heterocycles. The van der Waals surface area contributed by atoms with Gasteiger partial charge in [-0.2, -0.15) is 0 Å². The number of nitrogens with one attached hydrogen (secondary N) is 1. The second-order valence-corrected chi connectivity index (χ2v) is 7.76. The third kappa shape index (κ3) is 3.87. The molecule has 1 aliphatic heterocycles. The van der Waals surface area contributed by atoms with E-state index >= 15 is 0 Å². The summed E-state index contributed by atoms with van der Waals surface area (Å²) in [6.07, 6.45) is 1.75. The number of methoxy groups -OCH3 is 1. The Labute approximate surface area is 162 Å². The van der Waals surface area contributed by atoms with Gasteiger partial charge < -0.3 is 14.8 Å². The Morgan fingerprint density at radius 3 is 2.74 bits per heavy atom. The van der Waals surface area contributed by atoms with Crippen molar-refractivity contribution < 1.29 is 9.47 Å². The molecule has 0 spiro atoms. The second-order valence-electron chi connectivity index (χ2n) is 6.55. The fraction of sp³-hybridized carbons (Fsp3) is 0.421. The number of pyridine rings is 1. The molecule has 4 rings (SSSR count). The highest BCUT2D eigenvalue weighted by Crippen LogP contribution is 2.34. The van der Waals surface area contributed by atoms with Gasteiger partial charge in [0, 0.05) is 24.0 Å². The van der Waals surface area contributed by atoms with E-state index < -0.39 is 0 Å². The average molecular weight is 385 g/mol. The minimum absolute atomic E-state index is 0.587. The number of morpholine rings is 1. The number of hydrogen-bond acceptors (Lipinski definition) is 8. The molecule has 1 N–H and O–H groups in total. The Balaban J connectivity index is 1.69. The van der Waals surface area contributed by atoms with Crippen LogP contribution in [0.4, 0.5) is 11.5 Å². The van der Waals surface area contributed by atoms with Crippen molar-refractivity contribution in [2.45, 2.75) is 20.4 Å². The Morgan fingerprint density at radius 2 is 2.04 bits per heavy atom. The summed E-state index contributed by atoms with van der Waals surface area (Å²) in [4.78, 5) is 18.6. The van der Waals surface area contributed by atoms with Crippen molar-refractivity contribution in [3.63, 3.8) is 0 Å². The SMILES string of the molecule is COc1ccc(Nc2nc(CN3CCOCC3)nc3sc(C)c(C)c23)cn1. The zero-order chi connectivity index (χ0) is 18.8. The number of thiophene rings is 1. The Hall–Kier alpha value is -2.29. The summed E-state index contributed by atoms with van der Waals surface area (Å²) in [5, 5.41) is 4.51.